The summed E-state index contributed by atoms with van der Waals surface area (Å²) >= 11 is 5.84. The maximum absolute atomic E-state index is 12.0. The number of benzene rings is 1. The average molecular weight is 337 g/mol. The second kappa shape index (κ2) is 10.7. The number of ether oxygens (including phenoxy) is 2. The van der Waals surface area contributed by atoms with E-state index in [1.165, 1.54) is 0 Å². The maximum atomic E-state index is 12.0. The van der Waals surface area contributed by atoms with Gasteiger partial charge in [0.1, 0.15) is 12.7 Å². The number of carbonyl (C=O) groups is 1. The Hall–Kier alpha value is -2.03. The van der Waals surface area contributed by atoms with E-state index in [9.17, 15) is 10.1 Å². The molecule has 1 N–H and O–H groups in total. The minimum atomic E-state index is -0.632. The highest BCUT2D eigenvalue weighted by atomic mass is 35.5. The molecule has 124 valence electrons. The molecular weight excluding hydrogens is 316 g/mol. The molecule has 0 aromatic heterocycles. The highest BCUT2D eigenvalue weighted by molar-refractivity contribution is 6.30. The van der Waals surface area contributed by atoms with Gasteiger partial charge in [0.15, 0.2) is 5.57 Å². The summed E-state index contributed by atoms with van der Waals surface area (Å²) in [7, 11) is 0. The fourth-order valence-electron chi connectivity index (χ4n) is 1.85. The zero-order valence-corrected chi connectivity index (χ0v) is 14.2. The number of hydrogen-bond acceptors (Lipinski definition) is 5. The minimum Gasteiger partial charge on any atom is -0.459 e. The first-order chi connectivity index (χ1) is 11.1. The molecule has 1 aromatic carbocycles. The Balaban J connectivity index is 2.68. The van der Waals surface area contributed by atoms with Crippen molar-refractivity contribution in [1.29, 1.82) is 5.26 Å². The summed E-state index contributed by atoms with van der Waals surface area (Å²) in [5.41, 5.74) is 1.56. The molecule has 0 aliphatic heterocycles. The highest BCUT2D eigenvalue weighted by Gasteiger charge is 2.16. The molecule has 0 aliphatic rings. The van der Waals surface area contributed by atoms with Gasteiger partial charge in [0.05, 0.1) is 6.61 Å². The van der Waals surface area contributed by atoms with Crippen molar-refractivity contribution in [3.63, 3.8) is 0 Å². The van der Waals surface area contributed by atoms with Gasteiger partial charge in [-0.2, -0.15) is 5.26 Å². The van der Waals surface area contributed by atoms with E-state index in [0.29, 0.717) is 36.9 Å². The predicted octanol–water partition coefficient (Wildman–Crippen LogP) is 3.20. The number of carbonyl (C=O) groups excluding carboxylic acids is 1. The van der Waals surface area contributed by atoms with Crippen LogP contribution in [0, 0.1) is 11.3 Å². The third-order valence-corrected chi connectivity index (χ3v) is 3.31. The summed E-state index contributed by atoms with van der Waals surface area (Å²) in [6, 6.07) is 9.27. The van der Waals surface area contributed by atoms with Crippen LogP contribution in [0.5, 0.6) is 0 Å². The first-order valence-electron chi connectivity index (χ1n) is 7.48. The molecule has 1 aromatic rings. The van der Waals surface area contributed by atoms with E-state index in [0.717, 1.165) is 5.56 Å². The Kier molecular flexibility index (Phi) is 8.81. The molecule has 0 saturated carbocycles. The van der Waals surface area contributed by atoms with Gasteiger partial charge in [-0.3, -0.25) is 0 Å². The van der Waals surface area contributed by atoms with Gasteiger partial charge in [-0.1, -0.05) is 30.7 Å². The van der Waals surface area contributed by atoms with Crippen molar-refractivity contribution in [3.05, 3.63) is 46.1 Å². The molecule has 0 aliphatic carbocycles. The van der Waals surface area contributed by atoms with E-state index in [4.69, 9.17) is 21.1 Å². The number of nitrogens with one attached hydrogen (secondary N) is 1. The average Bonchev–Trinajstić information content (AvgIpc) is 2.56. The van der Waals surface area contributed by atoms with E-state index in [-0.39, 0.29) is 12.2 Å². The molecule has 23 heavy (non-hydrogen) atoms. The van der Waals surface area contributed by atoms with E-state index >= 15 is 0 Å². The molecule has 0 spiro atoms. The molecule has 0 atom stereocenters. The third-order valence-electron chi connectivity index (χ3n) is 3.06. The van der Waals surface area contributed by atoms with Gasteiger partial charge in [-0.15, -0.1) is 0 Å². The summed E-state index contributed by atoms with van der Waals surface area (Å²) in [4.78, 5) is 12.0. The van der Waals surface area contributed by atoms with Gasteiger partial charge in [0.2, 0.25) is 0 Å². The smallest absolute Gasteiger partial charge is 0.350 e. The molecule has 0 bridgehead atoms. The Morgan fingerprint density at radius 3 is 2.52 bits per heavy atom. The highest BCUT2D eigenvalue weighted by Crippen LogP contribution is 2.12. The van der Waals surface area contributed by atoms with Crippen LogP contribution in [0.4, 0.5) is 0 Å². The standard InChI is InChI=1S/C17H21ClN2O3/c1-3-16(20-12-13-5-7-14(18)8-6-13)15(11-19)17(21)23-10-9-22-4-2/h5-8,20H,3-4,9-10,12H2,1-2H3/b16-15-. The zero-order chi connectivity index (χ0) is 17.1. The Labute approximate surface area is 141 Å². The van der Waals surface area contributed by atoms with Gasteiger partial charge in [-0.25, -0.2) is 4.79 Å². The van der Waals surface area contributed by atoms with Crippen molar-refractivity contribution in [2.24, 2.45) is 0 Å². The second-order valence-corrected chi connectivity index (χ2v) is 5.07. The fourth-order valence-corrected chi connectivity index (χ4v) is 1.97. The molecular formula is C17H21ClN2O3. The Morgan fingerprint density at radius 2 is 1.96 bits per heavy atom. The van der Waals surface area contributed by atoms with Crippen molar-refractivity contribution in [2.75, 3.05) is 19.8 Å². The minimum absolute atomic E-state index is 0.00189. The number of hydrogen-bond donors (Lipinski definition) is 1. The Bertz CT molecular complexity index is 576. The van der Waals surface area contributed by atoms with Crippen molar-refractivity contribution < 1.29 is 14.3 Å². The molecule has 0 amide bonds. The maximum Gasteiger partial charge on any atom is 0.350 e. The lowest BCUT2D eigenvalue weighted by Gasteiger charge is -2.12. The number of rotatable bonds is 9. The number of allylic oxidation sites excluding steroid dienone is 1. The van der Waals surface area contributed by atoms with E-state index in [2.05, 4.69) is 5.32 Å². The number of nitriles is 1. The lowest BCUT2D eigenvalue weighted by atomic mass is 10.1. The van der Waals surface area contributed by atoms with Crippen LogP contribution in [-0.4, -0.2) is 25.8 Å². The van der Waals surface area contributed by atoms with Crippen molar-refractivity contribution in [1.82, 2.24) is 5.32 Å². The fraction of sp³-hybridized carbons (Fsp3) is 0.412. The van der Waals surface area contributed by atoms with Crippen LogP contribution in [0.3, 0.4) is 0 Å². The van der Waals surface area contributed by atoms with Crippen LogP contribution in [0.25, 0.3) is 0 Å². The van der Waals surface area contributed by atoms with E-state index in [1.807, 2.05) is 32.0 Å². The van der Waals surface area contributed by atoms with Crippen LogP contribution >= 0.6 is 11.6 Å². The third kappa shape index (κ3) is 6.72. The predicted molar refractivity (Wildman–Crippen MR) is 88.7 cm³/mol. The number of esters is 1. The summed E-state index contributed by atoms with van der Waals surface area (Å²) < 4.78 is 10.1. The van der Waals surface area contributed by atoms with Crippen LogP contribution in [0.2, 0.25) is 5.02 Å². The molecule has 1 rings (SSSR count). The molecule has 0 radical (unpaired) electrons. The molecule has 0 saturated heterocycles. The quantitative estimate of drug-likeness (QED) is 0.324. The zero-order valence-electron chi connectivity index (χ0n) is 13.4. The normalized spacial score (nSPS) is 11.4. The first-order valence-corrected chi connectivity index (χ1v) is 7.86. The summed E-state index contributed by atoms with van der Waals surface area (Å²) in [6.45, 7) is 5.24. The second-order valence-electron chi connectivity index (χ2n) is 4.63. The molecule has 0 fully saturated rings. The van der Waals surface area contributed by atoms with Crippen LogP contribution < -0.4 is 5.32 Å². The van der Waals surface area contributed by atoms with Crippen molar-refractivity contribution in [3.8, 4) is 6.07 Å². The Morgan fingerprint density at radius 1 is 1.26 bits per heavy atom. The summed E-state index contributed by atoms with van der Waals surface area (Å²) in [6.07, 6.45) is 0.525. The van der Waals surface area contributed by atoms with E-state index in [1.54, 1.807) is 12.1 Å². The van der Waals surface area contributed by atoms with Crippen LogP contribution in [0.1, 0.15) is 25.8 Å². The van der Waals surface area contributed by atoms with Gasteiger partial charge in [0.25, 0.3) is 0 Å². The number of nitrogens with zero attached hydrogens (tertiary/aromatic N) is 1. The monoisotopic (exact) mass is 336 g/mol. The lowest BCUT2D eigenvalue weighted by molar-refractivity contribution is -0.140. The first kappa shape index (κ1) is 19.0. The van der Waals surface area contributed by atoms with Crippen LogP contribution in [-0.2, 0) is 20.8 Å². The number of halogens is 1. The molecule has 0 unspecified atom stereocenters. The summed E-state index contributed by atoms with van der Waals surface area (Å²) in [5, 5.41) is 13.0. The van der Waals surface area contributed by atoms with Crippen molar-refractivity contribution >= 4 is 17.6 Å². The molecule has 0 heterocycles. The lowest BCUT2D eigenvalue weighted by Crippen LogP contribution is -2.20. The SMILES string of the molecule is CCOCCOC(=O)/C(C#N)=C(/CC)NCc1ccc(Cl)cc1. The van der Waals surface area contributed by atoms with Crippen LogP contribution in [0.15, 0.2) is 35.5 Å². The van der Waals surface area contributed by atoms with Gasteiger partial charge in [-0.05, 0) is 31.0 Å². The van der Waals surface area contributed by atoms with Gasteiger partial charge < -0.3 is 14.8 Å². The van der Waals surface area contributed by atoms with E-state index < -0.39 is 5.97 Å². The summed E-state index contributed by atoms with van der Waals surface area (Å²) in [5.74, 6) is -0.632. The topological polar surface area (TPSA) is 71.3 Å². The molecule has 5 nitrogen and oxygen atoms in total. The molecule has 6 heteroatoms. The van der Waals surface area contributed by atoms with Gasteiger partial charge >= 0.3 is 5.97 Å². The van der Waals surface area contributed by atoms with Crippen molar-refractivity contribution in [2.45, 2.75) is 26.8 Å². The van der Waals surface area contributed by atoms with Gasteiger partial charge in [0, 0.05) is 23.9 Å². The largest absolute Gasteiger partial charge is 0.459 e.